The topological polar surface area (TPSA) is 66.5 Å². The maximum Gasteiger partial charge on any atom is 0.264 e. The number of aryl methyl sites for hydroxylation is 3. The minimum Gasteiger partial charge on any atom is -0.348 e. The van der Waals surface area contributed by atoms with E-state index >= 15 is 0 Å². The number of hydrogen-bond donors (Lipinski definition) is 1. The molecule has 33 heavy (non-hydrogen) atoms. The number of rotatable bonds is 7. The number of carbonyl (C=O) groups excluding carboxylic acids is 1. The number of nitrogens with zero attached hydrogens (tertiary/aromatic N) is 1. The average Bonchev–Trinajstić information content (AvgIpc) is 2.77. The lowest BCUT2D eigenvalue weighted by atomic mass is 9.96. The van der Waals surface area contributed by atoms with Crippen LogP contribution in [0.2, 0.25) is 10.0 Å². The molecule has 5 nitrogen and oxygen atoms in total. The third-order valence-corrected chi connectivity index (χ3v) is 8.06. The van der Waals surface area contributed by atoms with Crippen molar-refractivity contribution < 1.29 is 13.2 Å². The van der Waals surface area contributed by atoms with Gasteiger partial charge in [-0.05, 0) is 80.3 Å². The molecule has 0 saturated carbocycles. The van der Waals surface area contributed by atoms with Crippen molar-refractivity contribution in [3.8, 4) is 0 Å². The molecule has 1 unspecified atom stereocenters. The van der Waals surface area contributed by atoms with E-state index in [1.807, 2.05) is 33.8 Å². The summed E-state index contributed by atoms with van der Waals surface area (Å²) in [5.41, 5.74) is 4.59. The minimum atomic E-state index is -4.03. The second kappa shape index (κ2) is 10.2. The molecule has 0 aliphatic carbocycles. The van der Waals surface area contributed by atoms with Crippen LogP contribution in [-0.2, 0) is 14.8 Å². The maximum atomic E-state index is 13.4. The summed E-state index contributed by atoms with van der Waals surface area (Å²) in [6.07, 6.45) is 0. The Kier molecular flexibility index (Phi) is 7.73. The molecule has 0 bridgehead atoms. The highest BCUT2D eigenvalue weighted by Crippen LogP contribution is 2.30. The van der Waals surface area contributed by atoms with Gasteiger partial charge < -0.3 is 5.32 Å². The molecular weight excluding hydrogens is 479 g/mol. The zero-order valence-electron chi connectivity index (χ0n) is 18.9. The molecule has 1 atom stereocenters. The molecule has 3 aromatic rings. The van der Waals surface area contributed by atoms with Gasteiger partial charge in [-0.3, -0.25) is 9.10 Å². The van der Waals surface area contributed by atoms with Crippen molar-refractivity contribution in [3.63, 3.8) is 0 Å². The van der Waals surface area contributed by atoms with Crippen LogP contribution in [0.4, 0.5) is 5.69 Å². The van der Waals surface area contributed by atoms with Crippen LogP contribution in [0.25, 0.3) is 0 Å². The van der Waals surface area contributed by atoms with Crippen LogP contribution in [0.1, 0.15) is 35.2 Å². The molecule has 3 rings (SSSR count). The number of amides is 1. The summed E-state index contributed by atoms with van der Waals surface area (Å²) in [7, 11) is -4.03. The lowest BCUT2D eigenvalue weighted by molar-refractivity contribution is -0.120. The second-order valence-electron chi connectivity index (χ2n) is 8.01. The quantitative estimate of drug-likeness (QED) is 0.429. The average molecular weight is 505 g/mol. The Labute approximate surface area is 205 Å². The molecule has 0 fully saturated rings. The number of hydrogen-bond acceptors (Lipinski definition) is 3. The first-order valence-corrected chi connectivity index (χ1v) is 12.6. The third-order valence-electron chi connectivity index (χ3n) is 5.54. The van der Waals surface area contributed by atoms with Gasteiger partial charge in [0.2, 0.25) is 5.91 Å². The van der Waals surface area contributed by atoms with E-state index in [-0.39, 0.29) is 21.6 Å². The van der Waals surface area contributed by atoms with Crippen LogP contribution in [0.15, 0.2) is 65.6 Å². The molecule has 0 radical (unpaired) electrons. The predicted octanol–water partition coefficient (Wildman–Crippen LogP) is 5.99. The number of benzene rings is 3. The summed E-state index contributed by atoms with van der Waals surface area (Å²) in [5, 5.41) is 3.42. The van der Waals surface area contributed by atoms with E-state index in [1.54, 1.807) is 18.2 Å². The summed E-state index contributed by atoms with van der Waals surface area (Å²) in [6.45, 7) is 7.52. The monoisotopic (exact) mass is 504 g/mol. The van der Waals surface area contributed by atoms with E-state index in [1.165, 1.54) is 35.9 Å². The van der Waals surface area contributed by atoms with E-state index in [0.717, 1.165) is 21.0 Å². The Balaban J connectivity index is 1.92. The zero-order valence-corrected chi connectivity index (χ0v) is 21.2. The molecule has 0 aliphatic rings. The predicted molar refractivity (Wildman–Crippen MR) is 135 cm³/mol. The molecule has 0 aromatic heterocycles. The van der Waals surface area contributed by atoms with Gasteiger partial charge in [-0.25, -0.2) is 8.42 Å². The van der Waals surface area contributed by atoms with E-state index in [2.05, 4.69) is 11.4 Å². The lowest BCUT2D eigenvalue weighted by Crippen LogP contribution is -2.41. The fourth-order valence-electron chi connectivity index (χ4n) is 3.62. The summed E-state index contributed by atoms with van der Waals surface area (Å²) in [6, 6.07) is 16.3. The first-order valence-electron chi connectivity index (χ1n) is 10.4. The van der Waals surface area contributed by atoms with Crippen LogP contribution in [0, 0.1) is 20.8 Å². The number of halogens is 2. The first-order chi connectivity index (χ1) is 15.5. The fraction of sp³-hybridized carbons (Fsp3) is 0.240. The molecule has 3 aromatic carbocycles. The Hall–Kier alpha value is -2.54. The van der Waals surface area contributed by atoms with E-state index in [9.17, 15) is 13.2 Å². The minimum absolute atomic E-state index is 0.0712. The van der Waals surface area contributed by atoms with E-state index in [0.29, 0.717) is 5.02 Å². The molecule has 0 heterocycles. The zero-order chi connectivity index (χ0) is 24.3. The summed E-state index contributed by atoms with van der Waals surface area (Å²) in [4.78, 5) is 13.1. The Bertz CT molecular complexity index is 1280. The van der Waals surface area contributed by atoms with Gasteiger partial charge in [0, 0.05) is 0 Å². The Morgan fingerprint density at radius 3 is 2.18 bits per heavy atom. The van der Waals surface area contributed by atoms with Crippen molar-refractivity contribution in [3.05, 3.63) is 93.0 Å². The Morgan fingerprint density at radius 2 is 1.55 bits per heavy atom. The van der Waals surface area contributed by atoms with Gasteiger partial charge in [0.25, 0.3) is 10.0 Å². The maximum absolute atomic E-state index is 13.4. The smallest absolute Gasteiger partial charge is 0.264 e. The van der Waals surface area contributed by atoms with E-state index < -0.39 is 22.5 Å². The highest BCUT2D eigenvalue weighted by atomic mass is 35.5. The molecule has 1 amide bonds. The summed E-state index contributed by atoms with van der Waals surface area (Å²) in [5.74, 6) is -0.439. The van der Waals surface area contributed by atoms with Crippen molar-refractivity contribution in [2.75, 3.05) is 10.8 Å². The van der Waals surface area contributed by atoms with Crippen molar-refractivity contribution in [1.82, 2.24) is 5.32 Å². The van der Waals surface area contributed by atoms with Gasteiger partial charge >= 0.3 is 0 Å². The normalized spacial score (nSPS) is 12.3. The van der Waals surface area contributed by atoms with Crippen molar-refractivity contribution in [2.45, 2.75) is 38.6 Å². The highest BCUT2D eigenvalue weighted by Gasteiger charge is 2.28. The SMILES string of the molecule is Cc1cc(C)c(C(C)NC(=O)CN(c2ccc(Cl)c(Cl)c2)S(=O)(=O)c2ccccc2)cc1C. The standard InChI is InChI=1S/C25H26Cl2N2O3S/c1-16-12-18(3)22(13-17(16)2)19(4)28-25(30)15-29(20-10-11-23(26)24(27)14-20)33(31,32)21-8-6-5-7-9-21/h5-14,19H,15H2,1-4H3,(H,28,30). The van der Waals surface area contributed by atoms with Crippen molar-refractivity contribution in [2.24, 2.45) is 0 Å². The summed E-state index contributed by atoms with van der Waals surface area (Å²) < 4.78 is 27.9. The number of anilines is 1. The van der Waals surface area contributed by atoms with E-state index in [4.69, 9.17) is 23.2 Å². The molecule has 0 spiro atoms. The van der Waals surface area contributed by atoms with Crippen LogP contribution < -0.4 is 9.62 Å². The van der Waals surface area contributed by atoms with Gasteiger partial charge in [-0.1, -0.05) is 53.5 Å². The molecule has 1 N–H and O–H groups in total. The van der Waals surface area contributed by atoms with Crippen LogP contribution in [0.3, 0.4) is 0 Å². The molecular formula is C25H26Cl2N2O3S. The molecule has 0 saturated heterocycles. The Morgan fingerprint density at radius 1 is 0.909 bits per heavy atom. The molecule has 8 heteroatoms. The van der Waals surface area contributed by atoms with Crippen LogP contribution in [0.5, 0.6) is 0 Å². The summed E-state index contributed by atoms with van der Waals surface area (Å²) >= 11 is 12.2. The van der Waals surface area contributed by atoms with Crippen LogP contribution in [-0.4, -0.2) is 20.9 Å². The van der Waals surface area contributed by atoms with Crippen molar-refractivity contribution in [1.29, 1.82) is 0 Å². The first kappa shape index (κ1) is 25.1. The fourth-order valence-corrected chi connectivity index (χ4v) is 5.35. The molecule has 0 aliphatic heterocycles. The van der Waals surface area contributed by atoms with Gasteiger partial charge in [0.1, 0.15) is 6.54 Å². The largest absolute Gasteiger partial charge is 0.348 e. The van der Waals surface area contributed by atoms with Gasteiger partial charge in [0.05, 0.1) is 26.7 Å². The van der Waals surface area contributed by atoms with Crippen LogP contribution >= 0.6 is 23.2 Å². The number of sulfonamides is 1. The molecule has 174 valence electrons. The number of nitrogens with one attached hydrogen (secondary N) is 1. The lowest BCUT2D eigenvalue weighted by Gasteiger charge is -2.26. The second-order valence-corrected chi connectivity index (χ2v) is 10.7. The highest BCUT2D eigenvalue weighted by molar-refractivity contribution is 7.92. The van der Waals surface area contributed by atoms with Crippen molar-refractivity contribution >= 4 is 44.8 Å². The van der Waals surface area contributed by atoms with Gasteiger partial charge in [0.15, 0.2) is 0 Å². The number of carbonyl (C=O) groups is 1. The van der Waals surface area contributed by atoms with Gasteiger partial charge in [-0.15, -0.1) is 0 Å². The third kappa shape index (κ3) is 5.69. The van der Waals surface area contributed by atoms with Gasteiger partial charge in [-0.2, -0.15) is 0 Å².